The molecule has 1 aliphatic rings. The van der Waals surface area contributed by atoms with Crippen LogP contribution in [0, 0.1) is 5.41 Å². The summed E-state index contributed by atoms with van der Waals surface area (Å²) in [6.07, 6.45) is 4.77. The summed E-state index contributed by atoms with van der Waals surface area (Å²) < 4.78 is 5.60. The lowest BCUT2D eigenvalue weighted by Crippen LogP contribution is -2.42. The molecule has 1 atom stereocenters. The van der Waals surface area contributed by atoms with E-state index in [1.54, 1.807) is 0 Å². The Morgan fingerprint density at radius 3 is 2.71 bits per heavy atom. The Labute approximate surface area is 110 Å². The van der Waals surface area contributed by atoms with E-state index in [9.17, 15) is 4.79 Å². The second-order valence-electron chi connectivity index (χ2n) is 5.12. The molecule has 0 bridgehead atoms. The largest absolute Gasteiger partial charge is 0.378 e. The fraction of sp³-hybridized carbons (Fsp3) is 0.917. The van der Waals surface area contributed by atoms with Crippen molar-refractivity contribution in [2.24, 2.45) is 11.1 Å². The highest BCUT2D eigenvalue weighted by Crippen LogP contribution is 2.16. The molecule has 5 heteroatoms. The molecule has 0 spiro atoms. The molecule has 0 aliphatic carbocycles. The normalized spacial score (nSPS) is 20.5. The van der Waals surface area contributed by atoms with E-state index in [2.05, 4.69) is 5.32 Å². The van der Waals surface area contributed by atoms with Crippen molar-refractivity contribution in [3.63, 3.8) is 0 Å². The lowest BCUT2D eigenvalue weighted by molar-refractivity contribution is -0.129. The van der Waals surface area contributed by atoms with Crippen LogP contribution in [0.25, 0.3) is 0 Å². The fourth-order valence-corrected chi connectivity index (χ4v) is 1.71. The van der Waals surface area contributed by atoms with Gasteiger partial charge < -0.3 is 15.8 Å². The summed E-state index contributed by atoms with van der Waals surface area (Å²) in [6, 6.07) is 0. The average Bonchev–Trinajstić information content (AvgIpc) is 2.30. The van der Waals surface area contributed by atoms with Gasteiger partial charge >= 0.3 is 0 Å². The first-order valence-corrected chi connectivity index (χ1v) is 6.16. The first-order valence-electron chi connectivity index (χ1n) is 6.16. The van der Waals surface area contributed by atoms with Gasteiger partial charge in [-0.05, 0) is 39.5 Å². The highest BCUT2D eigenvalue weighted by atomic mass is 35.5. The lowest BCUT2D eigenvalue weighted by atomic mass is 9.92. The van der Waals surface area contributed by atoms with E-state index in [-0.39, 0.29) is 18.3 Å². The summed E-state index contributed by atoms with van der Waals surface area (Å²) in [4.78, 5) is 11.7. The first kappa shape index (κ1) is 16.7. The molecule has 102 valence electrons. The molecule has 3 N–H and O–H groups in total. The van der Waals surface area contributed by atoms with Gasteiger partial charge in [-0.15, -0.1) is 12.4 Å². The number of halogens is 1. The summed E-state index contributed by atoms with van der Waals surface area (Å²) in [7, 11) is 0. The van der Waals surface area contributed by atoms with Crippen LogP contribution >= 0.6 is 12.4 Å². The minimum atomic E-state index is -0.465. The Balaban J connectivity index is 0.00000256. The number of amides is 1. The Morgan fingerprint density at radius 2 is 2.18 bits per heavy atom. The zero-order chi connectivity index (χ0) is 12.0. The molecule has 0 aromatic heterocycles. The van der Waals surface area contributed by atoms with E-state index < -0.39 is 5.41 Å². The maximum Gasteiger partial charge on any atom is 0.226 e. The molecular formula is C12H25ClN2O2. The van der Waals surface area contributed by atoms with Crippen LogP contribution in [-0.2, 0) is 9.53 Å². The van der Waals surface area contributed by atoms with E-state index >= 15 is 0 Å². The predicted octanol–water partition coefficient (Wildman–Crippen LogP) is 1.47. The first-order chi connectivity index (χ1) is 7.56. The standard InChI is InChI=1S/C12H24N2O2.ClH/c1-12(2,9-13)11(15)14-7-6-10-5-3-4-8-16-10;/h10H,3-9,13H2,1-2H3,(H,14,15);1H. The number of hydrogen-bond donors (Lipinski definition) is 2. The number of nitrogens with one attached hydrogen (secondary N) is 1. The number of ether oxygens (including phenoxy) is 1. The Hall–Kier alpha value is -0.320. The maximum atomic E-state index is 11.7. The van der Waals surface area contributed by atoms with Gasteiger partial charge in [0.15, 0.2) is 0 Å². The monoisotopic (exact) mass is 264 g/mol. The summed E-state index contributed by atoms with van der Waals surface area (Å²) in [5.74, 6) is 0.0332. The van der Waals surface area contributed by atoms with Gasteiger partial charge in [-0.25, -0.2) is 0 Å². The topological polar surface area (TPSA) is 64.4 Å². The van der Waals surface area contributed by atoms with E-state index in [0.717, 1.165) is 19.4 Å². The third-order valence-electron chi connectivity index (χ3n) is 3.15. The van der Waals surface area contributed by atoms with E-state index in [1.165, 1.54) is 12.8 Å². The van der Waals surface area contributed by atoms with Crippen LogP contribution in [0.15, 0.2) is 0 Å². The molecule has 4 nitrogen and oxygen atoms in total. The number of carbonyl (C=O) groups excluding carboxylic acids is 1. The van der Waals surface area contributed by atoms with Crippen molar-refractivity contribution in [3.8, 4) is 0 Å². The molecule has 17 heavy (non-hydrogen) atoms. The van der Waals surface area contributed by atoms with Gasteiger partial charge in [0, 0.05) is 19.7 Å². The molecule has 1 amide bonds. The van der Waals surface area contributed by atoms with Gasteiger partial charge in [-0.3, -0.25) is 4.79 Å². The highest BCUT2D eigenvalue weighted by Gasteiger charge is 2.25. The Bertz CT molecular complexity index is 229. The summed E-state index contributed by atoms with van der Waals surface area (Å²) in [5.41, 5.74) is 5.07. The van der Waals surface area contributed by atoms with E-state index in [1.807, 2.05) is 13.8 Å². The number of hydrogen-bond acceptors (Lipinski definition) is 3. The third kappa shape index (κ3) is 5.70. The quantitative estimate of drug-likeness (QED) is 0.790. The molecule has 1 unspecified atom stereocenters. The number of nitrogens with two attached hydrogens (primary N) is 1. The summed E-state index contributed by atoms with van der Waals surface area (Å²) in [5, 5.41) is 2.92. The van der Waals surface area contributed by atoms with Crippen molar-refractivity contribution in [3.05, 3.63) is 0 Å². The smallest absolute Gasteiger partial charge is 0.226 e. The molecular weight excluding hydrogens is 240 g/mol. The van der Waals surface area contributed by atoms with Crippen molar-refractivity contribution in [2.75, 3.05) is 19.7 Å². The Kier molecular flexibility index (Phi) is 7.75. The molecule has 0 saturated carbocycles. The van der Waals surface area contributed by atoms with E-state index in [4.69, 9.17) is 10.5 Å². The van der Waals surface area contributed by atoms with Gasteiger partial charge in [0.25, 0.3) is 0 Å². The molecule has 0 aromatic carbocycles. The molecule has 1 fully saturated rings. The minimum Gasteiger partial charge on any atom is -0.378 e. The van der Waals surface area contributed by atoms with Crippen molar-refractivity contribution < 1.29 is 9.53 Å². The van der Waals surface area contributed by atoms with Crippen LogP contribution in [0.3, 0.4) is 0 Å². The summed E-state index contributed by atoms with van der Waals surface area (Å²) in [6.45, 7) is 5.65. The SMILES string of the molecule is CC(C)(CN)C(=O)NCCC1CCCCO1.Cl. The molecule has 1 saturated heterocycles. The molecule has 0 aromatic rings. The highest BCUT2D eigenvalue weighted by molar-refractivity contribution is 5.85. The van der Waals surface area contributed by atoms with Crippen LogP contribution in [-0.4, -0.2) is 31.7 Å². The van der Waals surface area contributed by atoms with Gasteiger partial charge in [-0.1, -0.05) is 0 Å². The molecule has 0 radical (unpaired) electrons. The minimum absolute atomic E-state index is 0. The second-order valence-corrected chi connectivity index (χ2v) is 5.12. The van der Waals surface area contributed by atoms with Gasteiger partial charge in [-0.2, -0.15) is 0 Å². The zero-order valence-electron chi connectivity index (χ0n) is 10.8. The van der Waals surface area contributed by atoms with Crippen molar-refractivity contribution in [1.82, 2.24) is 5.32 Å². The zero-order valence-corrected chi connectivity index (χ0v) is 11.6. The lowest BCUT2D eigenvalue weighted by Gasteiger charge is -2.24. The van der Waals surface area contributed by atoms with Crippen LogP contribution < -0.4 is 11.1 Å². The molecule has 1 heterocycles. The van der Waals surface area contributed by atoms with Crippen LogP contribution in [0.4, 0.5) is 0 Å². The second kappa shape index (κ2) is 7.90. The third-order valence-corrected chi connectivity index (χ3v) is 3.15. The number of carbonyl (C=O) groups is 1. The molecule has 1 rings (SSSR count). The maximum absolute atomic E-state index is 11.7. The van der Waals surface area contributed by atoms with Crippen molar-refractivity contribution >= 4 is 18.3 Å². The molecule has 1 aliphatic heterocycles. The number of rotatable bonds is 5. The summed E-state index contributed by atoms with van der Waals surface area (Å²) >= 11 is 0. The van der Waals surface area contributed by atoms with Gasteiger partial charge in [0.1, 0.15) is 0 Å². The average molecular weight is 265 g/mol. The van der Waals surface area contributed by atoms with Crippen LogP contribution in [0.2, 0.25) is 0 Å². The van der Waals surface area contributed by atoms with Crippen molar-refractivity contribution in [1.29, 1.82) is 0 Å². The van der Waals surface area contributed by atoms with Crippen molar-refractivity contribution in [2.45, 2.75) is 45.6 Å². The Morgan fingerprint density at radius 1 is 1.47 bits per heavy atom. The van der Waals surface area contributed by atoms with Gasteiger partial charge in [0.05, 0.1) is 11.5 Å². The van der Waals surface area contributed by atoms with Crippen LogP contribution in [0.5, 0.6) is 0 Å². The van der Waals surface area contributed by atoms with Crippen LogP contribution in [0.1, 0.15) is 39.5 Å². The van der Waals surface area contributed by atoms with E-state index in [0.29, 0.717) is 19.2 Å². The fourth-order valence-electron chi connectivity index (χ4n) is 1.71. The van der Waals surface area contributed by atoms with Gasteiger partial charge in [0.2, 0.25) is 5.91 Å². The predicted molar refractivity (Wildman–Crippen MR) is 71.3 cm³/mol.